The van der Waals surface area contributed by atoms with Gasteiger partial charge in [-0.15, -0.1) is 11.3 Å². The number of hydrogen-bond acceptors (Lipinski definition) is 4. The van der Waals surface area contributed by atoms with Gasteiger partial charge in [-0.1, -0.05) is 29.8 Å². The number of carbonyl (C=O) groups excluding carboxylic acids is 1. The number of piperidine rings is 1. The van der Waals surface area contributed by atoms with Crippen LogP contribution in [0.25, 0.3) is 0 Å². The number of aromatic nitrogens is 1. The van der Waals surface area contributed by atoms with Crippen LogP contribution in [0.5, 0.6) is 0 Å². The molecule has 0 spiro atoms. The number of carbonyl (C=O) groups is 1. The summed E-state index contributed by atoms with van der Waals surface area (Å²) in [7, 11) is 0. The van der Waals surface area contributed by atoms with Crippen molar-refractivity contribution in [1.29, 1.82) is 0 Å². The molecule has 1 aromatic heterocycles. The molecule has 1 aliphatic rings. The molecule has 0 saturated carbocycles. The van der Waals surface area contributed by atoms with Gasteiger partial charge in [-0.25, -0.2) is 9.37 Å². The van der Waals surface area contributed by atoms with Gasteiger partial charge in [0.05, 0.1) is 17.7 Å². The van der Waals surface area contributed by atoms with Crippen LogP contribution in [0.4, 0.5) is 4.39 Å². The van der Waals surface area contributed by atoms with E-state index in [1.54, 1.807) is 29.5 Å². The molecular formula is C24H25ClFN3OS. The predicted molar refractivity (Wildman–Crippen MR) is 123 cm³/mol. The highest BCUT2D eigenvalue weighted by molar-refractivity contribution is 7.09. The van der Waals surface area contributed by atoms with E-state index in [2.05, 4.69) is 15.2 Å². The summed E-state index contributed by atoms with van der Waals surface area (Å²) in [6, 6.07) is 12.1. The third kappa shape index (κ3) is 5.32. The molecule has 7 heteroatoms. The fourth-order valence-corrected chi connectivity index (χ4v) is 5.03. The van der Waals surface area contributed by atoms with Crippen molar-refractivity contribution in [3.63, 3.8) is 0 Å². The number of likely N-dealkylation sites (tertiary alicyclic amines) is 1. The van der Waals surface area contributed by atoms with Gasteiger partial charge in [0.25, 0.3) is 5.91 Å². The lowest BCUT2D eigenvalue weighted by Crippen LogP contribution is -2.33. The summed E-state index contributed by atoms with van der Waals surface area (Å²) >= 11 is 7.74. The molecule has 1 saturated heterocycles. The SMILES string of the molecule is Cc1c(Cl)cccc1C(=O)NCc1scnc1C1CCN(Cc2ccc(F)cc2)CC1. The van der Waals surface area contributed by atoms with Gasteiger partial charge in [0, 0.05) is 27.9 Å². The summed E-state index contributed by atoms with van der Waals surface area (Å²) in [4.78, 5) is 20.8. The van der Waals surface area contributed by atoms with E-state index in [0.717, 1.165) is 54.2 Å². The summed E-state index contributed by atoms with van der Waals surface area (Å²) in [5.74, 6) is 0.0835. The van der Waals surface area contributed by atoms with Crippen molar-refractivity contribution in [3.8, 4) is 0 Å². The Balaban J connectivity index is 1.33. The maximum absolute atomic E-state index is 13.1. The largest absolute Gasteiger partial charge is 0.347 e. The molecule has 0 radical (unpaired) electrons. The highest BCUT2D eigenvalue weighted by Gasteiger charge is 2.25. The third-order valence-electron chi connectivity index (χ3n) is 5.89. The van der Waals surface area contributed by atoms with Crippen LogP contribution < -0.4 is 5.32 Å². The molecule has 4 rings (SSSR count). The van der Waals surface area contributed by atoms with Gasteiger partial charge < -0.3 is 5.32 Å². The zero-order chi connectivity index (χ0) is 21.8. The van der Waals surface area contributed by atoms with Crippen molar-refractivity contribution in [3.05, 3.63) is 86.1 Å². The first-order chi connectivity index (χ1) is 15.0. The molecule has 2 aromatic carbocycles. The monoisotopic (exact) mass is 457 g/mol. The molecule has 0 atom stereocenters. The molecular weight excluding hydrogens is 433 g/mol. The summed E-state index contributed by atoms with van der Waals surface area (Å²) in [6.45, 7) is 5.13. The molecule has 1 aliphatic heterocycles. The Hall–Kier alpha value is -2.28. The van der Waals surface area contributed by atoms with E-state index >= 15 is 0 Å². The maximum Gasteiger partial charge on any atom is 0.251 e. The fraction of sp³-hybridized carbons (Fsp3) is 0.333. The normalized spacial score (nSPS) is 15.2. The second kappa shape index (κ2) is 9.90. The first-order valence-corrected chi connectivity index (χ1v) is 11.7. The van der Waals surface area contributed by atoms with Crippen molar-refractivity contribution in [2.24, 2.45) is 0 Å². The van der Waals surface area contributed by atoms with Gasteiger partial charge in [0.1, 0.15) is 5.82 Å². The van der Waals surface area contributed by atoms with E-state index < -0.39 is 0 Å². The van der Waals surface area contributed by atoms with Crippen molar-refractivity contribution in [2.75, 3.05) is 13.1 Å². The number of hydrogen-bond donors (Lipinski definition) is 1. The van der Waals surface area contributed by atoms with Gasteiger partial charge in [-0.2, -0.15) is 0 Å². The number of nitrogens with one attached hydrogen (secondary N) is 1. The molecule has 162 valence electrons. The summed E-state index contributed by atoms with van der Waals surface area (Å²) in [5, 5.41) is 3.62. The second-order valence-electron chi connectivity index (χ2n) is 7.93. The molecule has 0 unspecified atom stereocenters. The van der Waals surface area contributed by atoms with E-state index in [9.17, 15) is 9.18 Å². The first kappa shape index (κ1) is 21.9. The smallest absolute Gasteiger partial charge is 0.251 e. The lowest BCUT2D eigenvalue weighted by Gasteiger charge is -2.31. The minimum Gasteiger partial charge on any atom is -0.347 e. The van der Waals surface area contributed by atoms with E-state index in [1.165, 1.54) is 12.1 Å². The molecule has 3 aromatic rings. The van der Waals surface area contributed by atoms with E-state index in [0.29, 0.717) is 23.0 Å². The van der Waals surface area contributed by atoms with Crippen LogP contribution in [0.15, 0.2) is 48.0 Å². The Morgan fingerprint density at radius 2 is 1.97 bits per heavy atom. The zero-order valence-electron chi connectivity index (χ0n) is 17.4. The number of halogens is 2. The number of nitrogens with zero attached hydrogens (tertiary/aromatic N) is 2. The Labute approximate surface area is 191 Å². The van der Waals surface area contributed by atoms with Gasteiger partial charge in [0.2, 0.25) is 0 Å². The van der Waals surface area contributed by atoms with Crippen LogP contribution >= 0.6 is 22.9 Å². The first-order valence-electron chi connectivity index (χ1n) is 10.4. The Bertz CT molecular complexity index is 1050. The molecule has 1 N–H and O–H groups in total. The Morgan fingerprint density at radius 1 is 1.23 bits per heavy atom. The molecule has 0 aliphatic carbocycles. The number of rotatable bonds is 6. The highest BCUT2D eigenvalue weighted by Crippen LogP contribution is 2.31. The minimum atomic E-state index is -0.198. The van der Waals surface area contributed by atoms with Crippen molar-refractivity contribution < 1.29 is 9.18 Å². The molecule has 31 heavy (non-hydrogen) atoms. The zero-order valence-corrected chi connectivity index (χ0v) is 19.0. The van der Waals surface area contributed by atoms with Crippen LogP contribution in [0.1, 0.15) is 50.8 Å². The van der Waals surface area contributed by atoms with Gasteiger partial charge in [0.15, 0.2) is 0 Å². The lowest BCUT2D eigenvalue weighted by molar-refractivity contribution is 0.0950. The minimum absolute atomic E-state index is 0.117. The fourth-order valence-electron chi connectivity index (χ4n) is 4.07. The summed E-state index contributed by atoms with van der Waals surface area (Å²) in [6.07, 6.45) is 2.05. The second-order valence-corrected chi connectivity index (χ2v) is 9.28. The standard InChI is InChI=1S/C24H25ClFN3OS/c1-16-20(3-2-4-21(16)25)24(30)27-13-22-23(28-15-31-22)18-9-11-29(12-10-18)14-17-5-7-19(26)8-6-17/h2-8,15,18H,9-14H2,1H3,(H,27,30). The molecule has 1 fully saturated rings. The molecule has 0 bridgehead atoms. The predicted octanol–water partition coefficient (Wildman–Crippen LogP) is 5.55. The number of benzene rings is 2. The van der Waals surface area contributed by atoms with Crippen molar-refractivity contribution in [1.82, 2.24) is 15.2 Å². The third-order valence-corrected chi connectivity index (χ3v) is 7.15. The van der Waals surface area contributed by atoms with Crippen LogP contribution in [-0.4, -0.2) is 28.9 Å². The van der Waals surface area contributed by atoms with E-state index in [-0.39, 0.29) is 11.7 Å². The lowest BCUT2D eigenvalue weighted by atomic mass is 9.92. The topological polar surface area (TPSA) is 45.2 Å². The van der Waals surface area contributed by atoms with Gasteiger partial charge in [-0.05, 0) is 68.2 Å². The Kier molecular flexibility index (Phi) is 7.00. The highest BCUT2D eigenvalue weighted by atomic mass is 35.5. The average Bonchev–Trinajstić information content (AvgIpc) is 3.25. The van der Waals surface area contributed by atoms with Crippen molar-refractivity contribution >= 4 is 28.8 Å². The molecule has 4 nitrogen and oxygen atoms in total. The maximum atomic E-state index is 13.1. The number of thiazole rings is 1. The van der Waals surface area contributed by atoms with Crippen LogP contribution in [0, 0.1) is 12.7 Å². The van der Waals surface area contributed by atoms with Crippen LogP contribution in [0.3, 0.4) is 0 Å². The van der Waals surface area contributed by atoms with Gasteiger partial charge >= 0.3 is 0 Å². The summed E-state index contributed by atoms with van der Waals surface area (Å²) < 4.78 is 13.1. The average molecular weight is 458 g/mol. The van der Waals surface area contributed by atoms with Crippen LogP contribution in [0.2, 0.25) is 5.02 Å². The van der Waals surface area contributed by atoms with E-state index in [4.69, 9.17) is 11.6 Å². The quantitative estimate of drug-likeness (QED) is 0.527. The summed E-state index contributed by atoms with van der Waals surface area (Å²) in [5.41, 5.74) is 5.50. The molecule has 1 amide bonds. The van der Waals surface area contributed by atoms with Crippen LogP contribution in [-0.2, 0) is 13.1 Å². The Morgan fingerprint density at radius 3 is 2.71 bits per heavy atom. The number of amides is 1. The van der Waals surface area contributed by atoms with Crippen molar-refractivity contribution in [2.45, 2.75) is 38.8 Å². The molecule has 2 heterocycles. The van der Waals surface area contributed by atoms with Gasteiger partial charge in [-0.3, -0.25) is 9.69 Å². The van der Waals surface area contributed by atoms with E-state index in [1.807, 2.05) is 24.6 Å².